The fourth-order valence-electron chi connectivity index (χ4n) is 4.43. The van der Waals surface area contributed by atoms with Gasteiger partial charge in [0.2, 0.25) is 0 Å². The molecule has 120 valence electrons. The molecule has 0 spiro atoms. The Bertz CT molecular complexity index is 629. The highest BCUT2D eigenvalue weighted by molar-refractivity contribution is 5.19. The smallest absolute Gasteiger partial charge is 0.109 e. The van der Waals surface area contributed by atoms with Gasteiger partial charge in [0.05, 0.1) is 5.69 Å². The van der Waals surface area contributed by atoms with Gasteiger partial charge in [-0.15, -0.1) is 0 Å². The minimum atomic E-state index is -0.740. The van der Waals surface area contributed by atoms with Gasteiger partial charge < -0.3 is 5.11 Å². The Hall–Kier alpha value is -1.71. The molecule has 2 fully saturated rings. The average Bonchev–Trinajstić information content (AvgIpc) is 2.85. The fourth-order valence-corrected chi connectivity index (χ4v) is 4.43. The molecule has 2 unspecified atom stereocenters. The molecule has 0 amide bonds. The number of piperidine rings is 1. The largest absolute Gasteiger partial charge is 0.383 e. The summed E-state index contributed by atoms with van der Waals surface area (Å²) in [7, 11) is 0. The number of pyridine rings is 1. The van der Waals surface area contributed by atoms with Crippen molar-refractivity contribution in [3.63, 3.8) is 0 Å². The minimum Gasteiger partial charge on any atom is -0.383 e. The lowest BCUT2D eigenvalue weighted by Gasteiger charge is -2.43. The lowest BCUT2D eigenvalue weighted by atomic mass is 9.83. The number of hydrogen-bond donors (Lipinski definition) is 1. The van der Waals surface area contributed by atoms with E-state index >= 15 is 0 Å². The SMILES string of the molecule is OC1(c2ccccn2)CC2CCC(C1)N2CCc1ccccc1. The number of rotatable bonds is 4. The average molecular weight is 308 g/mol. The summed E-state index contributed by atoms with van der Waals surface area (Å²) in [6.07, 6.45) is 6.92. The van der Waals surface area contributed by atoms with Crippen LogP contribution in [-0.2, 0) is 12.0 Å². The van der Waals surface area contributed by atoms with Crippen LogP contribution in [-0.4, -0.2) is 33.6 Å². The standard InChI is InChI=1S/C20H24N2O/c23-20(19-8-4-5-12-21-19)14-17-9-10-18(15-20)22(17)13-11-16-6-2-1-3-7-16/h1-8,12,17-18,23H,9-11,13-15H2. The molecule has 2 saturated heterocycles. The maximum atomic E-state index is 11.1. The summed E-state index contributed by atoms with van der Waals surface area (Å²) in [6, 6.07) is 17.5. The molecule has 3 heterocycles. The van der Waals surface area contributed by atoms with E-state index in [9.17, 15) is 5.11 Å². The van der Waals surface area contributed by atoms with E-state index in [1.54, 1.807) is 6.20 Å². The highest BCUT2D eigenvalue weighted by Gasteiger charge is 2.48. The van der Waals surface area contributed by atoms with Crippen LogP contribution in [0.15, 0.2) is 54.7 Å². The molecule has 2 aromatic rings. The van der Waals surface area contributed by atoms with Crippen molar-refractivity contribution in [1.29, 1.82) is 0 Å². The molecule has 4 rings (SSSR count). The van der Waals surface area contributed by atoms with Gasteiger partial charge in [-0.2, -0.15) is 0 Å². The maximum Gasteiger partial charge on any atom is 0.109 e. The second kappa shape index (κ2) is 6.06. The zero-order valence-electron chi connectivity index (χ0n) is 13.4. The molecule has 2 aliphatic rings. The first-order valence-electron chi connectivity index (χ1n) is 8.68. The summed E-state index contributed by atoms with van der Waals surface area (Å²) in [5, 5.41) is 11.1. The molecule has 2 aliphatic heterocycles. The first-order valence-corrected chi connectivity index (χ1v) is 8.68. The Kier molecular flexibility index (Phi) is 3.92. The van der Waals surface area contributed by atoms with Gasteiger partial charge >= 0.3 is 0 Å². The van der Waals surface area contributed by atoms with Crippen molar-refractivity contribution >= 4 is 0 Å². The molecule has 3 heteroatoms. The van der Waals surface area contributed by atoms with Gasteiger partial charge in [-0.05, 0) is 49.8 Å². The van der Waals surface area contributed by atoms with E-state index in [1.165, 1.54) is 18.4 Å². The summed E-state index contributed by atoms with van der Waals surface area (Å²) in [4.78, 5) is 7.05. The Morgan fingerprint density at radius 3 is 2.35 bits per heavy atom. The zero-order valence-corrected chi connectivity index (χ0v) is 13.4. The van der Waals surface area contributed by atoms with Crippen molar-refractivity contribution in [2.24, 2.45) is 0 Å². The van der Waals surface area contributed by atoms with Crippen molar-refractivity contribution in [3.05, 3.63) is 66.0 Å². The molecular formula is C20H24N2O. The van der Waals surface area contributed by atoms with E-state index in [0.717, 1.165) is 31.5 Å². The highest BCUT2D eigenvalue weighted by atomic mass is 16.3. The molecule has 23 heavy (non-hydrogen) atoms. The highest BCUT2D eigenvalue weighted by Crippen LogP contribution is 2.45. The van der Waals surface area contributed by atoms with Crippen molar-refractivity contribution < 1.29 is 5.11 Å². The van der Waals surface area contributed by atoms with Crippen LogP contribution < -0.4 is 0 Å². The summed E-state index contributed by atoms with van der Waals surface area (Å²) in [5.74, 6) is 0. The van der Waals surface area contributed by atoms with Crippen LogP contribution in [0.25, 0.3) is 0 Å². The van der Waals surface area contributed by atoms with E-state index in [4.69, 9.17) is 0 Å². The lowest BCUT2D eigenvalue weighted by molar-refractivity contribution is -0.0594. The van der Waals surface area contributed by atoms with Crippen LogP contribution in [0, 0.1) is 0 Å². The quantitative estimate of drug-likeness (QED) is 0.942. The minimum absolute atomic E-state index is 0.490. The predicted octanol–water partition coefficient (Wildman–Crippen LogP) is 3.14. The second-order valence-corrected chi connectivity index (χ2v) is 7.01. The van der Waals surface area contributed by atoms with Crippen LogP contribution in [0.4, 0.5) is 0 Å². The Morgan fingerprint density at radius 1 is 1.00 bits per heavy atom. The predicted molar refractivity (Wildman–Crippen MR) is 91.0 cm³/mol. The zero-order chi connectivity index (χ0) is 15.7. The van der Waals surface area contributed by atoms with Crippen LogP contribution in [0.2, 0.25) is 0 Å². The summed E-state index contributed by atoms with van der Waals surface area (Å²) >= 11 is 0. The molecule has 1 N–H and O–H groups in total. The van der Waals surface area contributed by atoms with Crippen molar-refractivity contribution in [2.45, 2.75) is 49.8 Å². The number of hydrogen-bond acceptors (Lipinski definition) is 3. The van der Waals surface area contributed by atoms with Gasteiger partial charge in [-0.25, -0.2) is 0 Å². The third-order valence-electron chi connectivity index (χ3n) is 5.56. The molecule has 0 aliphatic carbocycles. The fraction of sp³-hybridized carbons (Fsp3) is 0.450. The van der Waals surface area contributed by atoms with Crippen molar-refractivity contribution in [3.8, 4) is 0 Å². The molecule has 1 aromatic heterocycles. The van der Waals surface area contributed by atoms with Crippen LogP contribution in [0.5, 0.6) is 0 Å². The second-order valence-electron chi connectivity index (χ2n) is 7.01. The first kappa shape index (κ1) is 14.9. The Balaban J connectivity index is 1.46. The van der Waals surface area contributed by atoms with Crippen LogP contribution in [0.3, 0.4) is 0 Å². The van der Waals surface area contributed by atoms with Gasteiger partial charge in [-0.3, -0.25) is 9.88 Å². The molecule has 0 radical (unpaired) electrons. The third-order valence-corrected chi connectivity index (χ3v) is 5.56. The summed E-state index contributed by atoms with van der Waals surface area (Å²) < 4.78 is 0. The topological polar surface area (TPSA) is 36.4 Å². The Labute approximate surface area is 138 Å². The van der Waals surface area contributed by atoms with E-state index < -0.39 is 5.60 Å². The van der Waals surface area contributed by atoms with E-state index in [-0.39, 0.29) is 0 Å². The molecular weight excluding hydrogens is 284 g/mol. The monoisotopic (exact) mass is 308 g/mol. The van der Waals surface area contributed by atoms with Gasteiger partial charge in [0.25, 0.3) is 0 Å². The Morgan fingerprint density at radius 2 is 1.70 bits per heavy atom. The van der Waals surface area contributed by atoms with Crippen molar-refractivity contribution in [2.75, 3.05) is 6.54 Å². The van der Waals surface area contributed by atoms with Gasteiger partial charge in [-0.1, -0.05) is 36.4 Å². The van der Waals surface area contributed by atoms with E-state index in [0.29, 0.717) is 12.1 Å². The lowest BCUT2D eigenvalue weighted by Crippen LogP contribution is -2.50. The molecule has 2 bridgehead atoms. The van der Waals surface area contributed by atoms with Crippen LogP contribution in [0.1, 0.15) is 36.9 Å². The normalized spacial score (nSPS) is 30.5. The summed E-state index contributed by atoms with van der Waals surface area (Å²) in [5.41, 5.74) is 1.51. The number of fused-ring (bicyclic) bond motifs is 2. The van der Waals surface area contributed by atoms with Gasteiger partial charge in [0.1, 0.15) is 5.60 Å². The first-order chi connectivity index (χ1) is 11.2. The van der Waals surface area contributed by atoms with E-state index in [1.807, 2.05) is 18.2 Å². The number of aliphatic hydroxyl groups is 1. The van der Waals surface area contributed by atoms with Crippen LogP contribution >= 0.6 is 0 Å². The molecule has 0 saturated carbocycles. The maximum absolute atomic E-state index is 11.1. The number of benzene rings is 1. The summed E-state index contributed by atoms with van der Waals surface area (Å²) in [6.45, 7) is 1.09. The van der Waals surface area contributed by atoms with E-state index in [2.05, 4.69) is 40.2 Å². The number of nitrogens with zero attached hydrogens (tertiary/aromatic N) is 2. The molecule has 1 aromatic carbocycles. The third kappa shape index (κ3) is 2.91. The molecule has 2 atom stereocenters. The number of aromatic nitrogens is 1. The van der Waals surface area contributed by atoms with Gasteiger partial charge in [0, 0.05) is 24.8 Å². The van der Waals surface area contributed by atoms with Gasteiger partial charge in [0.15, 0.2) is 0 Å². The van der Waals surface area contributed by atoms with Crippen molar-refractivity contribution in [1.82, 2.24) is 9.88 Å². The molecule has 3 nitrogen and oxygen atoms in total.